The molecule has 0 saturated carbocycles. The molecule has 1 heterocycles. The Morgan fingerprint density at radius 2 is 1.19 bits per heavy atom. The van der Waals surface area contributed by atoms with Crippen LogP contribution in [0.25, 0.3) is 44.2 Å². The van der Waals surface area contributed by atoms with Crippen molar-refractivity contribution in [2.24, 2.45) is 0 Å². The predicted molar refractivity (Wildman–Crippen MR) is 134 cm³/mol. The monoisotopic (exact) mass is 411 g/mol. The summed E-state index contributed by atoms with van der Waals surface area (Å²) in [6.45, 7) is 0. The quantitative estimate of drug-likeness (QED) is 0.314. The second kappa shape index (κ2) is 7.75. The number of fused-ring (bicyclic) bond motifs is 3. The van der Waals surface area contributed by atoms with Crippen LogP contribution in [0, 0.1) is 0 Å². The van der Waals surface area contributed by atoms with Crippen LogP contribution in [0.2, 0.25) is 0 Å². The summed E-state index contributed by atoms with van der Waals surface area (Å²) in [5, 5.41) is 5.92. The Morgan fingerprint density at radius 3 is 2.12 bits per heavy atom. The van der Waals surface area contributed by atoms with Gasteiger partial charge in [-0.1, -0.05) is 97.1 Å². The van der Waals surface area contributed by atoms with Crippen LogP contribution in [0.3, 0.4) is 0 Å². The van der Waals surface area contributed by atoms with Gasteiger partial charge in [-0.25, -0.2) is 0 Å². The summed E-state index contributed by atoms with van der Waals surface area (Å²) in [6, 6.07) is 41.9. The molecule has 0 fully saturated rings. The van der Waals surface area contributed by atoms with Gasteiger partial charge in [0, 0.05) is 33.3 Å². The minimum Gasteiger partial charge on any atom is -0.455 e. The van der Waals surface area contributed by atoms with Gasteiger partial charge < -0.3 is 9.73 Å². The number of furan rings is 1. The van der Waals surface area contributed by atoms with Gasteiger partial charge in [-0.15, -0.1) is 0 Å². The fraction of sp³-hybridized carbons (Fsp3) is 0. The molecular weight excluding hydrogens is 390 g/mol. The molecule has 0 bridgehead atoms. The van der Waals surface area contributed by atoms with Crippen molar-refractivity contribution in [2.75, 3.05) is 5.32 Å². The van der Waals surface area contributed by atoms with E-state index in [-0.39, 0.29) is 0 Å². The Kier molecular flexibility index (Phi) is 4.47. The minimum absolute atomic E-state index is 0.913. The first kappa shape index (κ1) is 18.5. The van der Waals surface area contributed by atoms with E-state index in [4.69, 9.17) is 4.42 Å². The van der Waals surface area contributed by atoms with Crippen molar-refractivity contribution < 1.29 is 4.42 Å². The molecule has 0 amide bonds. The highest BCUT2D eigenvalue weighted by Gasteiger charge is 2.14. The molecule has 0 aliphatic heterocycles. The van der Waals surface area contributed by atoms with E-state index < -0.39 is 0 Å². The molecule has 0 spiro atoms. The largest absolute Gasteiger partial charge is 0.455 e. The van der Waals surface area contributed by atoms with E-state index in [0.29, 0.717) is 0 Å². The minimum atomic E-state index is 0.913. The third kappa shape index (κ3) is 3.23. The molecule has 0 atom stereocenters. The Morgan fingerprint density at radius 1 is 0.500 bits per heavy atom. The second-order valence-corrected chi connectivity index (χ2v) is 7.90. The molecule has 0 radical (unpaired) electrons. The zero-order valence-corrected chi connectivity index (χ0v) is 17.5. The van der Waals surface area contributed by atoms with E-state index in [9.17, 15) is 0 Å². The molecule has 0 aliphatic carbocycles. The van der Waals surface area contributed by atoms with E-state index in [0.717, 1.165) is 44.4 Å². The first-order valence-corrected chi connectivity index (χ1v) is 10.8. The van der Waals surface area contributed by atoms with Crippen molar-refractivity contribution in [3.05, 3.63) is 121 Å². The lowest BCUT2D eigenvalue weighted by molar-refractivity contribution is 0.670. The highest BCUT2D eigenvalue weighted by Crippen LogP contribution is 2.39. The predicted octanol–water partition coefficient (Wildman–Crippen LogP) is 8.66. The SMILES string of the molecule is c1ccc(-c2cccc(Nc3ccccc3-c3cccc4c3oc3ccccc34)c2)cc1. The number of hydrogen-bond acceptors (Lipinski definition) is 2. The summed E-state index contributed by atoms with van der Waals surface area (Å²) >= 11 is 0. The van der Waals surface area contributed by atoms with E-state index in [1.807, 2.05) is 18.2 Å². The van der Waals surface area contributed by atoms with Gasteiger partial charge in [-0.3, -0.25) is 0 Å². The average molecular weight is 412 g/mol. The van der Waals surface area contributed by atoms with Crippen LogP contribution in [0.4, 0.5) is 11.4 Å². The molecule has 0 saturated heterocycles. The zero-order valence-electron chi connectivity index (χ0n) is 17.5. The molecule has 1 N–H and O–H groups in total. The summed E-state index contributed by atoms with van der Waals surface area (Å²) in [5.74, 6) is 0. The normalized spacial score (nSPS) is 11.1. The van der Waals surface area contributed by atoms with Crippen LogP contribution in [0.1, 0.15) is 0 Å². The van der Waals surface area contributed by atoms with Gasteiger partial charge in [0.15, 0.2) is 0 Å². The van der Waals surface area contributed by atoms with Crippen LogP contribution in [0.15, 0.2) is 126 Å². The topological polar surface area (TPSA) is 25.2 Å². The Bertz CT molecular complexity index is 1550. The summed E-state index contributed by atoms with van der Waals surface area (Å²) in [7, 11) is 0. The van der Waals surface area contributed by atoms with Crippen LogP contribution in [-0.4, -0.2) is 0 Å². The summed E-state index contributed by atoms with van der Waals surface area (Å²) in [6.07, 6.45) is 0. The lowest BCUT2D eigenvalue weighted by Gasteiger charge is -2.14. The molecule has 1 aromatic heterocycles. The lowest BCUT2D eigenvalue weighted by Crippen LogP contribution is -1.94. The van der Waals surface area contributed by atoms with E-state index in [1.165, 1.54) is 11.1 Å². The lowest BCUT2D eigenvalue weighted by atomic mass is 10.00. The fourth-order valence-corrected chi connectivity index (χ4v) is 4.35. The van der Waals surface area contributed by atoms with Gasteiger partial charge in [-0.2, -0.15) is 0 Å². The Labute approximate surface area is 186 Å². The Balaban J connectivity index is 1.45. The van der Waals surface area contributed by atoms with Gasteiger partial charge in [0.05, 0.1) is 0 Å². The molecule has 2 heteroatoms. The summed E-state index contributed by atoms with van der Waals surface area (Å²) < 4.78 is 6.29. The number of anilines is 2. The van der Waals surface area contributed by atoms with Crippen molar-refractivity contribution in [2.45, 2.75) is 0 Å². The molecule has 32 heavy (non-hydrogen) atoms. The van der Waals surface area contributed by atoms with E-state index >= 15 is 0 Å². The number of hydrogen-bond donors (Lipinski definition) is 1. The Hall–Kier alpha value is -4.30. The maximum Gasteiger partial charge on any atom is 0.143 e. The van der Waals surface area contributed by atoms with Crippen molar-refractivity contribution in [1.29, 1.82) is 0 Å². The van der Waals surface area contributed by atoms with Crippen LogP contribution in [-0.2, 0) is 0 Å². The molecule has 152 valence electrons. The first-order chi connectivity index (χ1) is 15.9. The number of benzene rings is 5. The van der Waals surface area contributed by atoms with Gasteiger partial charge in [0.25, 0.3) is 0 Å². The summed E-state index contributed by atoms with van der Waals surface area (Å²) in [5.41, 5.74) is 8.52. The number of para-hydroxylation sites is 3. The highest BCUT2D eigenvalue weighted by atomic mass is 16.3. The van der Waals surface area contributed by atoms with Gasteiger partial charge in [0.1, 0.15) is 11.2 Å². The van der Waals surface area contributed by atoms with Gasteiger partial charge >= 0.3 is 0 Å². The van der Waals surface area contributed by atoms with E-state index in [2.05, 4.69) is 108 Å². The highest BCUT2D eigenvalue weighted by molar-refractivity contribution is 6.10. The zero-order chi connectivity index (χ0) is 21.3. The smallest absolute Gasteiger partial charge is 0.143 e. The van der Waals surface area contributed by atoms with Crippen molar-refractivity contribution >= 4 is 33.3 Å². The molecule has 5 aromatic carbocycles. The molecule has 6 rings (SSSR count). The third-order valence-corrected chi connectivity index (χ3v) is 5.87. The van der Waals surface area contributed by atoms with E-state index in [1.54, 1.807) is 0 Å². The first-order valence-electron chi connectivity index (χ1n) is 10.8. The van der Waals surface area contributed by atoms with Crippen molar-refractivity contribution in [1.82, 2.24) is 0 Å². The molecule has 2 nitrogen and oxygen atoms in total. The van der Waals surface area contributed by atoms with Crippen LogP contribution in [0.5, 0.6) is 0 Å². The average Bonchev–Trinajstić information content (AvgIpc) is 3.24. The molecule has 6 aromatic rings. The van der Waals surface area contributed by atoms with Gasteiger partial charge in [0.2, 0.25) is 0 Å². The fourth-order valence-electron chi connectivity index (χ4n) is 4.35. The second-order valence-electron chi connectivity index (χ2n) is 7.90. The number of rotatable bonds is 4. The summed E-state index contributed by atoms with van der Waals surface area (Å²) in [4.78, 5) is 0. The van der Waals surface area contributed by atoms with Crippen LogP contribution < -0.4 is 5.32 Å². The van der Waals surface area contributed by atoms with Crippen molar-refractivity contribution in [3.63, 3.8) is 0 Å². The third-order valence-electron chi connectivity index (χ3n) is 5.87. The van der Waals surface area contributed by atoms with Gasteiger partial charge in [-0.05, 0) is 35.4 Å². The maximum atomic E-state index is 6.29. The molecular formula is C30H21NO. The standard InChI is InChI=1S/C30H21NO/c1-2-10-21(11-3-1)22-12-8-13-23(20-22)31-28-18-6-4-14-24(28)26-16-9-17-27-25-15-5-7-19-29(25)32-30(26)27/h1-20,31H. The van der Waals surface area contributed by atoms with Crippen molar-refractivity contribution in [3.8, 4) is 22.3 Å². The maximum absolute atomic E-state index is 6.29. The molecule has 0 aliphatic rings. The molecule has 0 unspecified atom stereocenters. The van der Waals surface area contributed by atoms with Crippen LogP contribution >= 0.6 is 0 Å². The number of nitrogens with one attached hydrogen (secondary N) is 1.